The minimum Gasteiger partial charge on any atom is -0.394 e. The molecule has 2 fully saturated rings. The standard InChI is InChI=1S/C14H28N2O/c1-3-15-14(11-17)7-4-5-13(9-14)16-8-6-12(2)10-16/h12-13,15,17H,3-11H2,1-2H3. The highest BCUT2D eigenvalue weighted by atomic mass is 16.3. The molecular formula is C14H28N2O. The number of likely N-dealkylation sites (N-methyl/N-ethyl adjacent to an activating group) is 1. The van der Waals surface area contributed by atoms with Crippen LogP contribution in [0.15, 0.2) is 0 Å². The smallest absolute Gasteiger partial charge is 0.0613 e. The van der Waals surface area contributed by atoms with Crippen LogP contribution in [0.2, 0.25) is 0 Å². The second kappa shape index (κ2) is 5.68. The second-order valence-corrected chi connectivity index (χ2v) is 6.11. The summed E-state index contributed by atoms with van der Waals surface area (Å²) in [4.78, 5) is 2.66. The normalized spacial score (nSPS) is 39.7. The van der Waals surface area contributed by atoms with Gasteiger partial charge in [-0.1, -0.05) is 13.8 Å². The molecule has 0 bridgehead atoms. The third kappa shape index (κ3) is 3.01. The van der Waals surface area contributed by atoms with E-state index in [-0.39, 0.29) is 5.54 Å². The van der Waals surface area contributed by atoms with Gasteiger partial charge in [0.25, 0.3) is 0 Å². The van der Waals surface area contributed by atoms with E-state index in [0.717, 1.165) is 25.3 Å². The minimum atomic E-state index is 0.00347. The van der Waals surface area contributed by atoms with Gasteiger partial charge in [-0.05, 0) is 51.1 Å². The average molecular weight is 240 g/mol. The summed E-state index contributed by atoms with van der Waals surface area (Å²) in [7, 11) is 0. The fourth-order valence-electron chi connectivity index (χ4n) is 3.68. The summed E-state index contributed by atoms with van der Waals surface area (Å²) in [6.07, 6.45) is 6.19. The van der Waals surface area contributed by atoms with Gasteiger partial charge >= 0.3 is 0 Å². The largest absolute Gasteiger partial charge is 0.394 e. The highest BCUT2D eigenvalue weighted by Gasteiger charge is 2.38. The van der Waals surface area contributed by atoms with Crippen LogP contribution in [-0.2, 0) is 0 Å². The van der Waals surface area contributed by atoms with E-state index in [4.69, 9.17) is 0 Å². The molecule has 0 amide bonds. The number of likely N-dealkylation sites (tertiary alicyclic amines) is 1. The van der Waals surface area contributed by atoms with Crippen LogP contribution in [0.3, 0.4) is 0 Å². The third-order valence-corrected chi connectivity index (χ3v) is 4.65. The molecule has 2 N–H and O–H groups in total. The molecule has 3 unspecified atom stereocenters. The zero-order valence-electron chi connectivity index (χ0n) is 11.4. The molecule has 1 aliphatic carbocycles. The van der Waals surface area contributed by atoms with E-state index >= 15 is 0 Å². The molecule has 0 aromatic carbocycles. The molecule has 3 nitrogen and oxygen atoms in total. The molecule has 0 aromatic heterocycles. The van der Waals surface area contributed by atoms with Crippen LogP contribution >= 0.6 is 0 Å². The van der Waals surface area contributed by atoms with Crippen molar-refractivity contribution >= 4 is 0 Å². The van der Waals surface area contributed by atoms with Gasteiger partial charge in [-0.2, -0.15) is 0 Å². The molecule has 1 saturated heterocycles. The summed E-state index contributed by atoms with van der Waals surface area (Å²) < 4.78 is 0. The Morgan fingerprint density at radius 3 is 2.82 bits per heavy atom. The lowest BCUT2D eigenvalue weighted by Gasteiger charge is -2.43. The predicted molar refractivity (Wildman–Crippen MR) is 71.1 cm³/mol. The Morgan fingerprint density at radius 1 is 1.41 bits per heavy atom. The van der Waals surface area contributed by atoms with Gasteiger partial charge in [0, 0.05) is 18.1 Å². The van der Waals surface area contributed by atoms with Crippen molar-refractivity contribution in [1.29, 1.82) is 0 Å². The van der Waals surface area contributed by atoms with Crippen LogP contribution in [0.4, 0.5) is 0 Å². The van der Waals surface area contributed by atoms with Crippen LogP contribution in [0, 0.1) is 5.92 Å². The third-order valence-electron chi connectivity index (χ3n) is 4.65. The number of aliphatic hydroxyl groups is 1. The second-order valence-electron chi connectivity index (χ2n) is 6.11. The first-order valence-electron chi connectivity index (χ1n) is 7.29. The van der Waals surface area contributed by atoms with Crippen LogP contribution in [0.25, 0.3) is 0 Å². The first-order valence-corrected chi connectivity index (χ1v) is 7.29. The number of aliphatic hydroxyl groups excluding tert-OH is 1. The number of hydrogen-bond donors (Lipinski definition) is 2. The van der Waals surface area contributed by atoms with Crippen molar-refractivity contribution in [3.05, 3.63) is 0 Å². The average Bonchev–Trinajstić information content (AvgIpc) is 2.77. The van der Waals surface area contributed by atoms with Gasteiger partial charge in [-0.15, -0.1) is 0 Å². The number of nitrogens with zero attached hydrogens (tertiary/aromatic N) is 1. The topological polar surface area (TPSA) is 35.5 Å². The van der Waals surface area contributed by atoms with Crippen molar-refractivity contribution in [2.75, 3.05) is 26.2 Å². The van der Waals surface area contributed by atoms with Gasteiger partial charge in [0.05, 0.1) is 6.61 Å². The first-order chi connectivity index (χ1) is 8.19. The van der Waals surface area contributed by atoms with Gasteiger partial charge in [0.2, 0.25) is 0 Å². The Kier molecular flexibility index (Phi) is 4.45. The molecule has 1 saturated carbocycles. The Labute approximate surface area is 106 Å². The summed E-state index contributed by atoms with van der Waals surface area (Å²) >= 11 is 0. The van der Waals surface area contributed by atoms with Gasteiger partial charge in [-0.25, -0.2) is 0 Å². The minimum absolute atomic E-state index is 0.00347. The molecular weight excluding hydrogens is 212 g/mol. The van der Waals surface area contributed by atoms with Crippen molar-refractivity contribution in [3.8, 4) is 0 Å². The van der Waals surface area contributed by atoms with Crippen molar-refractivity contribution in [1.82, 2.24) is 10.2 Å². The molecule has 2 rings (SSSR count). The van der Waals surface area contributed by atoms with Crippen molar-refractivity contribution in [2.24, 2.45) is 5.92 Å². The predicted octanol–water partition coefficient (Wildman–Crippen LogP) is 1.61. The maximum absolute atomic E-state index is 9.70. The number of hydrogen-bond acceptors (Lipinski definition) is 3. The molecule has 100 valence electrons. The fourth-order valence-corrected chi connectivity index (χ4v) is 3.68. The molecule has 0 spiro atoms. The Bertz CT molecular complexity index is 242. The highest BCUT2D eigenvalue weighted by Crippen LogP contribution is 2.33. The lowest BCUT2D eigenvalue weighted by Crippen LogP contribution is -2.55. The van der Waals surface area contributed by atoms with Gasteiger partial charge in [0.15, 0.2) is 0 Å². The van der Waals surface area contributed by atoms with Crippen LogP contribution in [0.1, 0.15) is 46.0 Å². The fraction of sp³-hybridized carbons (Fsp3) is 1.00. The Morgan fingerprint density at radius 2 is 2.24 bits per heavy atom. The zero-order valence-corrected chi connectivity index (χ0v) is 11.4. The van der Waals surface area contributed by atoms with Crippen LogP contribution < -0.4 is 5.32 Å². The lowest BCUT2D eigenvalue weighted by atomic mass is 9.79. The summed E-state index contributed by atoms with van der Waals surface area (Å²) in [5, 5.41) is 13.2. The molecule has 2 aliphatic rings. The summed E-state index contributed by atoms with van der Waals surface area (Å²) in [6, 6.07) is 0.694. The van der Waals surface area contributed by atoms with E-state index in [1.807, 2.05) is 0 Å². The molecule has 1 aliphatic heterocycles. The monoisotopic (exact) mass is 240 g/mol. The van der Waals surface area contributed by atoms with E-state index in [0.29, 0.717) is 12.6 Å². The quantitative estimate of drug-likeness (QED) is 0.784. The maximum atomic E-state index is 9.70. The number of rotatable bonds is 4. The van der Waals surface area contributed by atoms with E-state index in [1.165, 1.54) is 32.4 Å². The molecule has 0 radical (unpaired) electrons. The Hall–Kier alpha value is -0.120. The van der Waals surface area contributed by atoms with E-state index in [2.05, 4.69) is 24.1 Å². The van der Waals surface area contributed by atoms with Crippen LogP contribution in [-0.4, -0.2) is 47.8 Å². The molecule has 0 aromatic rings. The molecule has 1 heterocycles. The lowest BCUT2D eigenvalue weighted by molar-refractivity contribution is 0.0688. The highest BCUT2D eigenvalue weighted by molar-refractivity contribution is 4.97. The van der Waals surface area contributed by atoms with Crippen molar-refractivity contribution in [2.45, 2.75) is 57.5 Å². The van der Waals surface area contributed by atoms with Crippen LogP contribution in [0.5, 0.6) is 0 Å². The Balaban J connectivity index is 1.96. The number of nitrogens with one attached hydrogen (secondary N) is 1. The summed E-state index contributed by atoms with van der Waals surface area (Å²) in [5.41, 5.74) is 0.00347. The van der Waals surface area contributed by atoms with Gasteiger partial charge in [0.1, 0.15) is 0 Å². The van der Waals surface area contributed by atoms with E-state index in [9.17, 15) is 5.11 Å². The SMILES string of the molecule is CCNC1(CO)CCCC(N2CCC(C)C2)C1. The van der Waals surface area contributed by atoms with Crippen molar-refractivity contribution in [3.63, 3.8) is 0 Å². The van der Waals surface area contributed by atoms with E-state index in [1.54, 1.807) is 0 Å². The van der Waals surface area contributed by atoms with Gasteiger partial charge in [-0.3, -0.25) is 0 Å². The molecule has 3 atom stereocenters. The first kappa shape index (κ1) is 13.3. The zero-order chi connectivity index (χ0) is 12.3. The maximum Gasteiger partial charge on any atom is 0.0613 e. The van der Waals surface area contributed by atoms with Crippen molar-refractivity contribution < 1.29 is 5.11 Å². The van der Waals surface area contributed by atoms with Gasteiger partial charge < -0.3 is 15.3 Å². The summed E-state index contributed by atoms with van der Waals surface area (Å²) in [6.45, 7) is 8.27. The molecule has 3 heteroatoms. The summed E-state index contributed by atoms with van der Waals surface area (Å²) in [5.74, 6) is 0.861. The molecule has 17 heavy (non-hydrogen) atoms. The van der Waals surface area contributed by atoms with E-state index < -0.39 is 0 Å².